The normalized spacial score (nSPS) is 10.5. The molecule has 0 saturated heterocycles. The molecular weight excluding hydrogens is 328 g/mol. The van der Waals surface area contributed by atoms with Crippen LogP contribution in [0.2, 0.25) is 0 Å². The van der Waals surface area contributed by atoms with Gasteiger partial charge in [-0.3, -0.25) is 19.8 Å². The maximum Gasteiger partial charge on any atom is 0.270 e. The van der Waals surface area contributed by atoms with Gasteiger partial charge >= 0.3 is 0 Å². The third kappa shape index (κ3) is 2.91. The number of hydrogen-bond donors (Lipinski definition) is 1. The first-order valence-corrected chi connectivity index (χ1v) is 7.67. The Morgan fingerprint density at radius 3 is 2.83 bits per heavy atom. The zero-order chi connectivity index (χ0) is 17.1. The molecule has 7 nitrogen and oxygen atoms in total. The van der Waals surface area contributed by atoms with Gasteiger partial charge in [-0.1, -0.05) is 24.3 Å². The standard InChI is InChI=1S/C16H14N4O3S/c1-2-23-14-9-4-3-8-13(14)19-15(17-18-16(19)24)11-6-5-7-12(10-11)20(21)22/h3-10H,2H2,1H3,(H,18,24). The van der Waals surface area contributed by atoms with E-state index in [1.54, 1.807) is 16.7 Å². The number of aromatic amines is 1. The summed E-state index contributed by atoms with van der Waals surface area (Å²) in [5, 5.41) is 18.0. The summed E-state index contributed by atoms with van der Waals surface area (Å²) < 4.78 is 7.74. The van der Waals surface area contributed by atoms with Crippen molar-refractivity contribution < 1.29 is 9.66 Å². The number of ether oxygens (including phenoxy) is 1. The van der Waals surface area contributed by atoms with Gasteiger partial charge < -0.3 is 4.74 Å². The van der Waals surface area contributed by atoms with Crippen molar-refractivity contribution in [1.82, 2.24) is 14.8 Å². The van der Waals surface area contributed by atoms with Crippen molar-refractivity contribution in [1.29, 1.82) is 0 Å². The molecule has 0 aliphatic rings. The molecule has 0 bridgehead atoms. The van der Waals surface area contributed by atoms with E-state index in [0.717, 1.165) is 5.69 Å². The molecule has 0 atom stereocenters. The summed E-state index contributed by atoms with van der Waals surface area (Å²) in [5.74, 6) is 1.14. The molecule has 1 N–H and O–H groups in total. The molecule has 0 aliphatic heterocycles. The third-order valence-corrected chi connectivity index (χ3v) is 3.67. The van der Waals surface area contributed by atoms with Crippen molar-refractivity contribution in [2.45, 2.75) is 6.92 Å². The topological polar surface area (TPSA) is 86.0 Å². The van der Waals surface area contributed by atoms with Crippen LogP contribution in [0.3, 0.4) is 0 Å². The number of rotatable bonds is 5. The Morgan fingerprint density at radius 2 is 2.08 bits per heavy atom. The fraction of sp³-hybridized carbons (Fsp3) is 0.125. The molecule has 3 rings (SSSR count). The molecule has 24 heavy (non-hydrogen) atoms. The van der Waals surface area contributed by atoms with E-state index >= 15 is 0 Å². The van der Waals surface area contributed by atoms with Crippen molar-refractivity contribution in [2.24, 2.45) is 0 Å². The Morgan fingerprint density at radius 1 is 1.29 bits per heavy atom. The van der Waals surface area contributed by atoms with Gasteiger partial charge in [-0.15, -0.1) is 0 Å². The van der Waals surface area contributed by atoms with Crippen LogP contribution in [0, 0.1) is 14.9 Å². The summed E-state index contributed by atoms with van der Waals surface area (Å²) in [4.78, 5) is 10.6. The molecule has 0 radical (unpaired) electrons. The molecular formula is C16H14N4O3S. The lowest BCUT2D eigenvalue weighted by molar-refractivity contribution is -0.384. The Kier molecular flexibility index (Phi) is 4.39. The molecule has 1 heterocycles. The monoisotopic (exact) mass is 342 g/mol. The number of nitro benzene ring substituents is 1. The van der Waals surface area contributed by atoms with E-state index in [2.05, 4.69) is 10.2 Å². The van der Waals surface area contributed by atoms with E-state index in [4.69, 9.17) is 17.0 Å². The molecule has 0 amide bonds. The summed E-state index contributed by atoms with van der Waals surface area (Å²) in [6, 6.07) is 13.7. The highest BCUT2D eigenvalue weighted by atomic mass is 32.1. The predicted octanol–water partition coefficient (Wildman–Crippen LogP) is 3.90. The Bertz CT molecular complexity index is 948. The van der Waals surface area contributed by atoms with Crippen LogP contribution in [0.5, 0.6) is 5.75 Å². The van der Waals surface area contributed by atoms with Crippen LogP contribution < -0.4 is 4.74 Å². The van der Waals surface area contributed by atoms with Gasteiger partial charge in [0.25, 0.3) is 5.69 Å². The van der Waals surface area contributed by atoms with Gasteiger partial charge in [0.2, 0.25) is 0 Å². The second-order valence-electron chi connectivity index (χ2n) is 4.90. The maximum absolute atomic E-state index is 11.0. The molecule has 2 aromatic carbocycles. The highest BCUT2D eigenvalue weighted by molar-refractivity contribution is 7.71. The number of nitro groups is 1. The Hall–Kier alpha value is -3.00. The number of nitrogens with one attached hydrogen (secondary N) is 1. The van der Waals surface area contributed by atoms with E-state index in [-0.39, 0.29) is 5.69 Å². The van der Waals surface area contributed by atoms with Gasteiger partial charge in [-0.05, 0) is 31.3 Å². The molecule has 0 fully saturated rings. The van der Waals surface area contributed by atoms with Crippen molar-refractivity contribution >= 4 is 17.9 Å². The SMILES string of the molecule is CCOc1ccccc1-n1c(-c2cccc([N+](=O)[O-])c2)n[nH]c1=S. The molecule has 0 saturated carbocycles. The molecule has 1 aromatic heterocycles. The summed E-state index contributed by atoms with van der Waals surface area (Å²) in [7, 11) is 0. The number of H-pyrrole nitrogens is 1. The summed E-state index contributed by atoms with van der Waals surface area (Å²) in [5.41, 5.74) is 1.30. The smallest absolute Gasteiger partial charge is 0.270 e. The zero-order valence-electron chi connectivity index (χ0n) is 12.8. The van der Waals surface area contributed by atoms with E-state index in [1.165, 1.54) is 12.1 Å². The average molecular weight is 342 g/mol. The average Bonchev–Trinajstić information content (AvgIpc) is 2.97. The number of benzene rings is 2. The van der Waals surface area contributed by atoms with Crippen molar-refractivity contribution in [3.05, 3.63) is 63.4 Å². The predicted molar refractivity (Wildman–Crippen MR) is 92.0 cm³/mol. The lowest BCUT2D eigenvalue weighted by atomic mass is 10.2. The van der Waals surface area contributed by atoms with Crippen LogP contribution in [0.1, 0.15) is 6.92 Å². The number of non-ortho nitro benzene ring substituents is 1. The molecule has 0 aliphatic carbocycles. The van der Waals surface area contributed by atoms with Gasteiger partial charge in [0.05, 0.1) is 17.2 Å². The van der Waals surface area contributed by atoms with Gasteiger partial charge in [-0.2, -0.15) is 5.10 Å². The summed E-state index contributed by atoms with van der Waals surface area (Å²) in [6.07, 6.45) is 0. The Labute approximate surface area is 142 Å². The first kappa shape index (κ1) is 15.9. The highest BCUT2D eigenvalue weighted by Gasteiger charge is 2.16. The van der Waals surface area contributed by atoms with Crippen molar-refractivity contribution in [3.63, 3.8) is 0 Å². The highest BCUT2D eigenvalue weighted by Crippen LogP contribution is 2.29. The van der Waals surface area contributed by atoms with E-state index in [1.807, 2.05) is 31.2 Å². The maximum atomic E-state index is 11.0. The van der Waals surface area contributed by atoms with Crippen LogP contribution in [-0.2, 0) is 0 Å². The molecule has 0 spiro atoms. The second-order valence-corrected chi connectivity index (χ2v) is 5.28. The van der Waals surface area contributed by atoms with Crippen LogP contribution in [-0.4, -0.2) is 26.3 Å². The fourth-order valence-electron chi connectivity index (χ4n) is 2.39. The number of aromatic nitrogens is 3. The lowest BCUT2D eigenvalue weighted by Gasteiger charge is -2.12. The first-order chi connectivity index (χ1) is 11.6. The minimum atomic E-state index is -0.441. The van der Waals surface area contributed by atoms with Crippen LogP contribution in [0.4, 0.5) is 5.69 Å². The minimum absolute atomic E-state index is 0.00828. The number of hydrogen-bond acceptors (Lipinski definition) is 5. The Balaban J connectivity index is 2.19. The first-order valence-electron chi connectivity index (χ1n) is 7.26. The third-order valence-electron chi connectivity index (χ3n) is 3.39. The molecule has 8 heteroatoms. The van der Waals surface area contributed by atoms with Crippen molar-refractivity contribution in [2.75, 3.05) is 6.61 Å². The fourth-order valence-corrected chi connectivity index (χ4v) is 2.62. The van der Waals surface area contributed by atoms with Crippen LogP contribution in [0.15, 0.2) is 48.5 Å². The van der Waals surface area contributed by atoms with Crippen LogP contribution in [0.25, 0.3) is 17.1 Å². The van der Waals surface area contributed by atoms with Gasteiger partial charge in [-0.25, -0.2) is 0 Å². The van der Waals surface area contributed by atoms with E-state index < -0.39 is 4.92 Å². The largest absolute Gasteiger partial charge is 0.492 e. The zero-order valence-corrected chi connectivity index (χ0v) is 13.6. The van der Waals surface area contributed by atoms with Crippen molar-refractivity contribution in [3.8, 4) is 22.8 Å². The second kappa shape index (κ2) is 6.63. The minimum Gasteiger partial charge on any atom is -0.492 e. The van der Waals surface area contributed by atoms with E-state index in [0.29, 0.717) is 28.5 Å². The molecule has 122 valence electrons. The molecule has 0 unspecified atom stereocenters. The molecule has 3 aromatic rings. The van der Waals surface area contributed by atoms with Gasteiger partial charge in [0.15, 0.2) is 10.6 Å². The summed E-state index contributed by atoms with van der Waals surface area (Å²) in [6.45, 7) is 2.40. The van der Waals surface area contributed by atoms with Gasteiger partial charge in [0, 0.05) is 17.7 Å². The van der Waals surface area contributed by atoms with Crippen LogP contribution >= 0.6 is 12.2 Å². The lowest BCUT2D eigenvalue weighted by Crippen LogP contribution is -2.02. The van der Waals surface area contributed by atoms with Gasteiger partial charge in [0.1, 0.15) is 5.75 Å². The summed E-state index contributed by atoms with van der Waals surface area (Å²) >= 11 is 5.34. The number of nitrogens with zero attached hydrogens (tertiary/aromatic N) is 3. The quantitative estimate of drug-likeness (QED) is 0.432. The van der Waals surface area contributed by atoms with E-state index in [9.17, 15) is 10.1 Å². The number of para-hydroxylation sites is 2.